The van der Waals surface area contributed by atoms with E-state index < -0.39 is 0 Å². The van der Waals surface area contributed by atoms with Crippen molar-refractivity contribution < 1.29 is 4.79 Å². The van der Waals surface area contributed by atoms with Gasteiger partial charge in [0.25, 0.3) is 0 Å². The first-order valence-corrected chi connectivity index (χ1v) is 7.17. The second-order valence-electron chi connectivity index (χ2n) is 5.28. The summed E-state index contributed by atoms with van der Waals surface area (Å²) in [6, 6.07) is 0. The monoisotopic (exact) mass is 273 g/mol. The van der Waals surface area contributed by atoms with Crippen LogP contribution in [0.3, 0.4) is 0 Å². The van der Waals surface area contributed by atoms with Crippen LogP contribution in [0.15, 0.2) is 0 Å². The number of carbonyl (C=O) groups excluding carboxylic acids is 1. The molecule has 0 spiro atoms. The van der Waals surface area contributed by atoms with E-state index in [0.717, 1.165) is 24.6 Å². The first kappa shape index (κ1) is 11.4. The lowest BCUT2D eigenvalue weighted by molar-refractivity contribution is -0.124. The Morgan fingerprint density at radius 1 is 1.40 bits per heavy atom. The van der Waals surface area contributed by atoms with Crippen molar-refractivity contribution in [2.45, 2.75) is 51.0 Å². The fraction of sp³-hybridized carbons (Fsp3) is 0.917. The molecule has 0 radical (unpaired) electrons. The van der Waals surface area contributed by atoms with Crippen LogP contribution in [-0.4, -0.2) is 16.8 Å². The average Bonchev–Trinajstić information content (AvgIpc) is 2.97. The molecule has 2 fully saturated rings. The van der Waals surface area contributed by atoms with E-state index in [-0.39, 0.29) is 5.54 Å². The van der Waals surface area contributed by atoms with Crippen LogP contribution in [0.1, 0.15) is 45.4 Å². The van der Waals surface area contributed by atoms with Gasteiger partial charge in [-0.1, -0.05) is 42.1 Å². The van der Waals surface area contributed by atoms with Gasteiger partial charge in [-0.2, -0.15) is 0 Å². The van der Waals surface area contributed by atoms with Crippen molar-refractivity contribution in [1.82, 2.24) is 5.32 Å². The summed E-state index contributed by atoms with van der Waals surface area (Å²) in [5.74, 6) is 1.22. The Labute approximate surface area is 100 Å². The molecule has 86 valence electrons. The summed E-state index contributed by atoms with van der Waals surface area (Å²) in [6.45, 7) is 2.16. The van der Waals surface area contributed by atoms with E-state index in [0.29, 0.717) is 17.7 Å². The maximum atomic E-state index is 11.9. The minimum Gasteiger partial charge on any atom is -0.350 e. The van der Waals surface area contributed by atoms with E-state index in [9.17, 15) is 4.79 Å². The van der Waals surface area contributed by atoms with Crippen LogP contribution in [0.5, 0.6) is 0 Å². The average molecular weight is 274 g/mol. The normalized spacial score (nSPS) is 33.5. The van der Waals surface area contributed by atoms with Crippen LogP contribution in [0, 0.1) is 11.8 Å². The molecule has 0 saturated heterocycles. The highest BCUT2D eigenvalue weighted by atomic mass is 79.9. The maximum Gasteiger partial charge on any atom is 0.223 e. The number of nitrogens with one attached hydrogen (secondary N) is 1. The third-order valence-corrected chi connectivity index (χ3v) is 4.97. The molecule has 2 atom stereocenters. The van der Waals surface area contributed by atoms with Gasteiger partial charge in [-0.3, -0.25) is 4.79 Å². The van der Waals surface area contributed by atoms with Gasteiger partial charge in [0.15, 0.2) is 0 Å². The second kappa shape index (κ2) is 4.44. The Bertz CT molecular complexity index is 248. The Kier molecular flexibility index (Phi) is 3.39. The van der Waals surface area contributed by atoms with Crippen molar-refractivity contribution in [1.29, 1.82) is 0 Å². The summed E-state index contributed by atoms with van der Waals surface area (Å²) in [5, 5.41) is 4.20. The lowest BCUT2D eigenvalue weighted by Gasteiger charge is -2.36. The molecule has 2 aliphatic carbocycles. The molecule has 2 rings (SSSR count). The number of halogens is 1. The summed E-state index contributed by atoms with van der Waals surface area (Å²) in [6.07, 6.45) is 7.21. The highest BCUT2D eigenvalue weighted by Gasteiger charge is 2.42. The summed E-state index contributed by atoms with van der Waals surface area (Å²) in [7, 11) is 0. The van der Waals surface area contributed by atoms with Crippen molar-refractivity contribution in [3.8, 4) is 0 Å². The van der Waals surface area contributed by atoms with Gasteiger partial charge in [0, 0.05) is 16.8 Å². The van der Waals surface area contributed by atoms with E-state index in [1.807, 2.05) is 0 Å². The predicted octanol–water partition coefficient (Wildman–Crippen LogP) is 2.86. The predicted molar refractivity (Wildman–Crippen MR) is 65.0 cm³/mol. The fourth-order valence-corrected chi connectivity index (χ4v) is 3.26. The van der Waals surface area contributed by atoms with E-state index in [1.54, 1.807) is 0 Å². The Morgan fingerprint density at radius 2 is 2.00 bits per heavy atom. The van der Waals surface area contributed by atoms with E-state index in [1.165, 1.54) is 19.3 Å². The van der Waals surface area contributed by atoms with Gasteiger partial charge in [-0.15, -0.1) is 0 Å². The molecule has 0 heterocycles. The van der Waals surface area contributed by atoms with Gasteiger partial charge in [-0.05, 0) is 25.2 Å². The smallest absolute Gasteiger partial charge is 0.223 e. The van der Waals surface area contributed by atoms with Gasteiger partial charge in [0.2, 0.25) is 5.91 Å². The number of hydrogen-bond donors (Lipinski definition) is 1. The number of alkyl halides is 1. The minimum atomic E-state index is 0.0671. The van der Waals surface area contributed by atoms with E-state index in [4.69, 9.17) is 0 Å². The second-order valence-corrected chi connectivity index (χ2v) is 5.84. The zero-order valence-electron chi connectivity index (χ0n) is 9.39. The lowest BCUT2D eigenvalue weighted by Crippen LogP contribution is -2.51. The molecule has 0 bridgehead atoms. The number of carbonyl (C=O) groups is 1. The quantitative estimate of drug-likeness (QED) is 0.788. The molecule has 3 heteroatoms. The van der Waals surface area contributed by atoms with Crippen molar-refractivity contribution in [2.75, 3.05) is 5.33 Å². The molecule has 1 N–H and O–H groups in total. The largest absolute Gasteiger partial charge is 0.350 e. The van der Waals surface area contributed by atoms with Gasteiger partial charge in [0.05, 0.1) is 0 Å². The molecule has 0 aliphatic heterocycles. The highest BCUT2D eigenvalue weighted by Crippen LogP contribution is 2.39. The SMILES string of the molecule is CC1CC1C(=O)NC1(CBr)CCCCC1. The summed E-state index contributed by atoms with van der Waals surface area (Å²) in [5.41, 5.74) is 0.0671. The third kappa shape index (κ3) is 2.55. The molecular formula is C12H20BrNO. The van der Waals surface area contributed by atoms with E-state index in [2.05, 4.69) is 28.2 Å². The highest BCUT2D eigenvalue weighted by molar-refractivity contribution is 9.09. The number of rotatable bonds is 3. The van der Waals surface area contributed by atoms with Crippen LogP contribution >= 0.6 is 15.9 Å². The molecule has 2 unspecified atom stereocenters. The standard InChI is InChI=1S/C12H20BrNO/c1-9-7-10(9)11(15)14-12(8-13)5-3-2-4-6-12/h9-10H,2-8H2,1H3,(H,14,15). The Balaban J connectivity index is 1.91. The molecule has 0 aromatic heterocycles. The van der Waals surface area contributed by atoms with Crippen molar-refractivity contribution in [3.05, 3.63) is 0 Å². The lowest BCUT2D eigenvalue weighted by atomic mass is 9.83. The molecule has 0 aromatic rings. The molecule has 2 nitrogen and oxygen atoms in total. The van der Waals surface area contributed by atoms with Crippen molar-refractivity contribution >= 4 is 21.8 Å². The molecule has 0 aromatic carbocycles. The van der Waals surface area contributed by atoms with Gasteiger partial charge < -0.3 is 5.32 Å². The molecule has 2 aliphatic rings. The zero-order chi connectivity index (χ0) is 10.9. The van der Waals surface area contributed by atoms with E-state index >= 15 is 0 Å². The first-order chi connectivity index (χ1) is 7.17. The van der Waals surface area contributed by atoms with Gasteiger partial charge >= 0.3 is 0 Å². The van der Waals surface area contributed by atoms with Crippen LogP contribution < -0.4 is 5.32 Å². The van der Waals surface area contributed by atoms with Crippen LogP contribution in [0.2, 0.25) is 0 Å². The number of hydrogen-bond acceptors (Lipinski definition) is 1. The fourth-order valence-electron chi connectivity index (χ4n) is 2.56. The summed E-state index contributed by atoms with van der Waals surface area (Å²) < 4.78 is 0. The summed E-state index contributed by atoms with van der Waals surface area (Å²) >= 11 is 3.57. The molecular weight excluding hydrogens is 254 g/mol. The van der Waals surface area contributed by atoms with Crippen LogP contribution in [0.25, 0.3) is 0 Å². The summed E-state index contributed by atoms with van der Waals surface area (Å²) in [4.78, 5) is 11.9. The molecule has 15 heavy (non-hydrogen) atoms. The first-order valence-electron chi connectivity index (χ1n) is 6.05. The van der Waals surface area contributed by atoms with Crippen LogP contribution in [-0.2, 0) is 4.79 Å². The number of amides is 1. The van der Waals surface area contributed by atoms with Gasteiger partial charge in [-0.25, -0.2) is 0 Å². The third-order valence-electron chi connectivity index (χ3n) is 3.90. The van der Waals surface area contributed by atoms with Crippen molar-refractivity contribution in [3.63, 3.8) is 0 Å². The van der Waals surface area contributed by atoms with Crippen LogP contribution in [0.4, 0.5) is 0 Å². The maximum absolute atomic E-state index is 11.9. The van der Waals surface area contributed by atoms with Crippen molar-refractivity contribution in [2.24, 2.45) is 11.8 Å². The minimum absolute atomic E-state index is 0.0671. The van der Waals surface area contributed by atoms with Gasteiger partial charge in [0.1, 0.15) is 0 Å². The Hall–Kier alpha value is -0.0500. The molecule has 2 saturated carbocycles. The Morgan fingerprint density at radius 3 is 2.47 bits per heavy atom. The molecule has 1 amide bonds. The zero-order valence-corrected chi connectivity index (χ0v) is 11.0. The topological polar surface area (TPSA) is 29.1 Å².